The summed E-state index contributed by atoms with van der Waals surface area (Å²) >= 11 is 11.6. The van der Waals surface area contributed by atoms with Crippen molar-refractivity contribution in [3.63, 3.8) is 0 Å². The maximum Gasteiger partial charge on any atom is 0.408 e. The molecule has 0 saturated carbocycles. The van der Waals surface area contributed by atoms with Crippen LogP contribution in [0.1, 0.15) is 27.2 Å². The molecule has 1 aliphatic heterocycles. The van der Waals surface area contributed by atoms with E-state index in [-0.39, 0.29) is 16.5 Å². The van der Waals surface area contributed by atoms with E-state index in [1.165, 1.54) is 12.2 Å². The van der Waals surface area contributed by atoms with Gasteiger partial charge in [-0.3, -0.25) is 4.79 Å². The molecule has 1 spiro atoms. The van der Waals surface area contributed by atoms with Crippen LogP contribution in [-0.2, 0) is 19.1 Å². The van der Waals surface area contributed by atoms with Crippen molar-refractivity contribution in [3.8, 4) is 0 Å². The summed E-state index contributed by atoms with van der Waals surface area (Å²) in [6.45, 7) is 5.12. The molecule has 2 aliphatic rings. The van der Waals surface area contributed by atoms with Crippen molar-refractivity contribution in [2.75, 3.05) is 0 Å². The number of ether oxygens (including phenoxy) is 2. The summed E-state index contributed by atoms with van der Waals surface area (Å²) in [4.78, 5) is 35.2. The van der Waals surface area contributed by atoms with Crippen LogP contribution >= 0.6 is 23.2 Å². The van der Waals surface area contributed by atoms with Crippen LogP contribution in [0.3, 0.4) is 0 Å². The average Bonchev–Trinajstić information content (AvgIpc) is 2.59. The number of rotatable bonds is 1. The summed E-state index contributed by atoms with van der Waals surface area (Å²) in [5.41, 5.74) is -1.91. The van der Waals surface area contributed by atoms with Gasteiger partial charge >= 0.3 is 12.1 Å². The molecule has 1 heterocycles. The molecule has 0 aromatic heterocycles. The van der Waals surface area contributed by atoms with Crippen molar-refractivity contribution in [3.05, 3.63) is 22.2 Å². The molecule has 22 heavy (non-hydrogen) atoms. The molecule has 0 aromatic rings. The van der Waals surface area contributed by atoms with Crippen LogP contribution in [0.4, 0.5) is 4.79 Å². The quantitative estimate of drug-likeness (QED) is 0.736. The van der Waals surface area contributed by atoms with E-state index in [9.17, 15) is 14.4 Å². The molecule has 120 valence electrons. The number of halogens is 2. The lowest BCUT2D eigenvalue weighted by atomic mass is 9.92. The largest absolute Gasteiger partial charge is 0.449 e. The van der Waals surface area contributed by atoms with Gasteiger partial charge in [0.2, 0.25) is 5.78 Å². The van der Waals surface area contributed by atoms with E-state index in [0.29, 0.717) is 0 Å². The molecule has 2 rings (SSSR count). The number of amides is 1. The number of carbonyl (C=O) groups is 3. The van der Waals surface area contributed by atoms with Gasteiger partial charge in [0.25, 0.3) is 0 Å². The second-order valence-electron chi connectivity index (χ2n) is 6.09. The number of hydrogen-bond acceptors (Lipinski definition) is 5. The number of Topliss-reactive ketones (excluding diaryl/α,β-unsaturated/α-hetero) is 1. The molecule has 1 atom stereocenters. The van der Waals surface area contributed by atoms with Gasteiger partial charge in [-0.2, -0.15) is 0 Å². The zero-order valence-corrected chi connectivity index (χ0v) is 13.7. The van der Waals surface area contributed by atoms with E-state index in [2.05, 4.69) is 5.32 Å². The molecular weight excluding hydrogens is 333 g/mol. The predicted octanol–water partition coefficient (Wildman–Crippen LogP) is 2.39. The molecule has 0 radical (unpaired) electrons. The smallest absolute Gasteiger partial charge is 0.408 e. The number of esters is 1. The third-order valence-electron chi connectivity index (χ3n) is 2.97. The molecule has 6 nitrogen and oxygen atoms in total. The van der Waals surface area contributed by atoms with Crippen LogP contribution in [0, 0.1) is 0 Å². The van der Waals surface area contributed by atoms with E-state index in [1.807, 2.05) is 0 Å². The average molecular weight is 348 g/mol. The summed E-state index contributed by atoms with van der Waals surface area (Å²) in [7, 11) is 0. The molecule has 0 unspecified atom stereocenters. The molecular formula is C14H15Cl2NO5. The molecule has 8 heteroatoms. The number of ketones is 1. The lowest BCUT2D eigenvalue weighted by Gasteiger charge is -2.24. The molecule has 0 bridgehead atoms. The number of carbonyl (C=O) groups excluding carboxylic acids is 3. The highest BCUT2D eigenvalue weighted by Crippen LogP contribution is 2.37. The summed E-state index contributed by atoms with van der Waals surface area (Å²) in [6, 6.07) is -0.913. The second-order valence-corrected chi connectivity index (χ2v) is 6.91. The minimum Gasteiger partial charge on any atom is -0.449 e. The van der Waals surface area contributed by atoms with E-state index in [0.717, 1.165) is 0 Å². The highest BCUT2D eigenvalue weighted by molar-refractivity contribution is 6.55. The number of allylic oxidation sites excluding steroid dienone is 2. The van der Waals surface area contributed by atoms with Crippen LogP contribution in [0.25, 0.3) is 0 Å². The second kappa shape index (κ2) is 5.59. The summed E-state index contributed by atoms with van der Waals surface area (Å²) in [6.07, 6.45) is 1.98. The summed E-state index contributed by atoms with van der Waals surface area (Å²) in [5, 5.41) is 2.18. The first-order valence-electron chi connectivity index (χ1n) is 6.55. The maximum atomic E-state index is 11.9. The van der Waals surface area contributed by atoms with Crippen LogP contribution < -0.4 is 5.32 Å². The SMILES string of the molecule is CC(C)(C)OC(=O)N[C@@H]1CC2(C=C(Cl)C(=O)C(Cl)=C2)OC1=O. The fourth-order valence-corrected chi connectivity index (χ4v) is 2.78. The standard InChI is InChI=1S/C14H15Cl2NO5/c1-13(2,3)22-12(20)17-9-6-14(21-11(9)19)4-7(15)10(18)8(16)5-14/h4-5,9H,6H2,1-3H3,(H,17,20)/t9-/m1/s1. The number of alkyl carbamates (subject to hydrolysis) is 1. The van der Waals surface area contributed by atoms with Crippen LogP contribution in [0.2, 0.25) is 0 Å². The van der Waals surface area contributed by atoms with Gasteiger partial charge in [-0.25, -0.2) is 9.59 Å². The zero-order chi connectivity index (χ0) is 16.7. The third kappa shape index (κ3) is 3.62. The Labute approximate surface area is 137 Å². The zero-order valence-electron chi connectivity index (χ0n) is 12.2. The Morgan fingerprint density at radius 3 is 2.36 bits per heavy atom. The minimum absolute atomic E-state index is 0.0742. The van der Waals surface area contributed by atoms with E-state index >= 15 is 0 Å². The molecule has 1 fully saturated rings. The first-order valence-corrected chi connectivity index (χ1v) is 7.31. The highest BCUT2D eigenvalue weighted by atomic mass is 35.5. The summed E-state index contributed by atoms with van der Waals surface area (Å²) in [5.74, 6) is -1.18. The molecule has 1 N–H and O–H groups in total. The van der Waals surface area contributed by atoms with E-state index in [4.69, 9.17) is 32.7 Å². The lowest BCUT2D eigenvalue weighted by molar-refractivity contribution is -0.144. The number of hydrogen-bond donors (Lipinski definition) is 1. The van der Waals surface area contributed by atoms with Gasteiger partial charge in [0.1, 0.15) is 11.6 Å². The van der Waals surface area contributed by atoms with Gasteiger partial charge < -0.3 is 14.8 Å². The summed E-state index contributed by atoms with van der Waals surface area (Å²) < 4.78 is 10.3. The normalized spacial score (nSPS) is 23.8. The maximum absolute atomic E-state index is 11.9. The van der Waals surface area contributed by atoms with Crippen molar-refractivity contribution < 1.29 is 23.9 Å². The fraction of sp³-hybridized carbons (Fsp3) is 0.500. The van der Waals surface area contributed by atoms with Crippen LogP contribution in [0.15, 0.2) is 22.2 Å². The molecule has 1 aliphatic carbocycles. The van der Waals surface area contributed by atoms with Crippen LogP contribution in [-0.4, -0.2) is 35.1 Å². The van der Waals surface area contributed by atoms with Gasteiger partial charge in [0.05, 0.1) is 10.1 Å². The Morgan fingerprint density at radius 1 is 1.32 bits per heavy atom. The van der Waals surface area contributed by atoms with Gasteiger partial charge in [-0.1, -0.05) is 23.2 Å². The van der Waals surface area contributed by atoms with Crippen LogP contribution in [0.5, 0.6) is 0 Å². The van der Waals surface area contributed by atoms with Gasteiger partial charge in [0, 0.05) is 6.42 Å². The van der Waals surface area contributed by atoms with Crippen molar-refractivity contribution in [1.82, 2.24) is 5.32 Å². The molecule has 0 aromatic carbocycles. The van der Waals surface area contributed by atoms with Gasteiger partial charge in [-0.15, -0.1) is 0 Å². The van der Waals surface area contributed by atoms with Crippen molar-refractivity contribution in [2.24, 2.45) is 0 Å². The monoisotopic (exact) mass is 347 g/mol. The Bertz CT molecular complexity index is 581. The predicted molar refractivity (Wildman–Crippen MR) is 79.5 cm³/mol. The van der Waals surface area contributed by atoms with E-state index < -0.39 is 35.1 Å². The Morgan fingerprint density at radius 2 is 1.86 bits per heavy atom. The Kier molecular flexibility index (Phi) is 4.28. The Balaban J connectivity index is 2.12. The minimum atomic E-state index is -1.22. The lowest BCUT2D eigenvalue weighted by Crippen LogP contribution is -2.41. The number of nitrogens with one attached hydrogen (secondary N) is 1. The molecule has 1 saturated heterocycles. The molecule has 1 amide bonds. The van der Waals surface area contributed by atoms with Gasteiger partial charge in [0.15, 0.2) is 5.60 Å². The van der Waals surface area contributed by atoms with Crippen molar-refractivity contribution in [1.29, 1.82) is 0 Å². The topological polar surface area (TPSA) is 81.7 Å². The third-order valence-corrected chi connectivity index (χ3v) is 3.53. The van der Waals surface area contributed by atoms with Gasteiger partial charge in [-0.05, 0) is 32.9 Å². The fourth-order valence-electron chi connectivity index (χ4n) is 2.15. The highest BCUT2D eigenvalue weighted by Gasteiger charge is 2.48. The Hall–Kier alpha value is -1.53. The van der Waals surface area contributed by atoms with Crippen molar-refractivity contribution in [2.45, 2.75) is 44.4 Å². The van der Waals surface area contributed by atoms with Crippen molar-refractivity contribution >= 4 is 41.0 Å². The van der Waals surface area contributed by atoms with E-state index in [1.54, 1.807) is 20.8 Å². The first-order chi connectivity index (χ1) is 10.0. The first kappa shape index (κ1) is 16.8.